The van der Waals surface area contributed by atoms with Crippen molar-refractivity contribution < 1.29 is 9.84 Å². The average Bonchev–Trinajstić information content (AvgIpc) is 2.37. The van der Waals surface area contributed by atoms with Gasteiger partial charge in [0, 0.05) is 24.8 Å². The van der Waals surface area contributed by atoms with Crippen LogP contribution in [0.4, 0.5) is 0 Å². The molecule has 2 N–H and O–H groups in total. The van der Waals surface area contributed by atoms with Gasteiger partial charge in [0.05, 0.1) is 6.10 Å². The largest absolute Gasteiger partial charge is 0.387 e. The van der Waals surface area contributed by atoms with E-state index in [2.05, 4.69) is 5.32 Å². The van der Waals surface area contributed by atoms with Crippen LogP contribution in [-0.4, -0.2) is 31.4 Å². The van der Waals surface area contributed by atoms with Crippen molar-refractivity contribution in [1.82, 2.24) is 5.32 Å². The maximum absolute atomic E-state index is 10.2. The Balaban J connectivity index is 2.51. The van der Waals surface area contributed by atoms with Crippen LogP contribution in [0.3, 0.4) is 0 Å². The minimum absolute atomic E-state index is 0.00225. The molecule has 0 aromatic heterocycles. The number of aryl methyl sites for hydroxylation is 1. The van der Waals surface area contributed by atoms with E-state index in [9.17, 15) is 5.11 Å². The van der Waals surface area contributed by atoms with Crippen molar-refractivity contribution in [3.63, 3.8) is 0 Å². The van der Waals surface area contributed by atoms with Gasteiger partial charge >= 0.3 is 0 Å². The second-order valence-corrected chi connectivity index (χ2v) is 4.95. The summed E-state index contributed by atoms with van der Waals surface area (Å²) in [5, 5.41) is 14.2. The van der Waals surface area contributed by atoms with Crippen LogP contribution in [0.15, 0.2) is 18.2 Å². The van der Waals surface area contributed by atoms with Gasteiger partial charge < -0.3 is 15.2 Å². The van der Waals surface area contributed by atoms with E-state index in [-0.39, 0.29) is 6.04 Å². The second-order valence-electron chi connectivity index (χ2n) is 4.54. The van der Waals surface area contributed by atoms with Crippen molar-refractivity contribution in [2.45, 2.75) is 32.4 Å². The fraction of sp³-hybridized carbons (Fsp3) is 0.571. The zero-order chi connectivity index (χ0) is 13.5. The van der Waals surface area contributed by atoms with E-state index < -0.39 is 6.10 Å². The molecule has 0 saturated carbocycles. The van der Waals surface area contributed by atoms with Crippen LogP contribution in [0, 0.1) is 6.92 Å². The molecule has 4 heteroatoms. The molecule has 0 spiro atoms. The third kappa shape index (κ3) is 4.58. The van der Waals surface area contributed by atoms with E-state index in [0.29, 0.717) is 0 Å². The predicted octanol–water partition coefficient (Wildman–Crippen LogP) is 2.70. The molecule has 2 atom stereocenters. The van der Waals surface area contributed by atoms with Crippen molar-refractivity contribution in [2.75, 3.05) is 20.3 Å². The highest BCUT2D eigenvalue weighted by molar-refractivity contribution is 6.31. The summed E-state index contributed by atoms with van der Waals surface area (Å²) in [7, 11) is 1.69. The van der Waals surface area contributed by atoms with Crippen LogP contribution >= 0.6 is 11.6 Å². The molecule has 0 radical (unpaired) electrons. The highest BCUT2D eigenvalue weighted by atomic mass is 35.5. The molecule has 1 aromatic rings. The lowest BCUT2D eigenvalue weighted by atomic mass is 10.0. The fourth-order valence-electron chi connectivity index (χ4n) is 1.80. The molecule has 1 aromatic carbocycles. The van der Waals surface area contributed by atoms with Gasteiger partial charge in [0.25, 0.3) is 0 Å². The highest BCUT2D eigenvalue weighted by Crippen LogP contribution is 2.22. The second kappa shape index (κ2) is 7.74. The Morgan fingerprint density at radius 2 is 2.17 bits per heavy atom. The molecule has 2 unspecified atom stereocenters. The molecule has 18 heavy (non-hydrogen) atoms. The van der Waals surface area contributed by atoms with Crippen molar-refractivity contribution in [3.05, 3.63) is 34.3 Å². The Hall–Kier alpha value is -0.610. The van der Waals surface area contributed by atoms with E-state index in [1.165, 1.54) is 0 Å². The number of aliphatic hydroxyl groups excluding tert-OH is 1. The van der Waals surface area contributed by atoms with E-state index >= 15 is 0 Å². The molecule has 0 aliphatic carbocycles. The summed E-state index contributed by atoms with van der Waals surface area (Å²) in [4.78, 5) is 0. The molecule has 3 nitrogen and oxygen atoms in total. The van der Waals surface area contributed by atoms with Gasteiger partial charge in [-0.3, -0.25) is 0 Å². The molecule has 0 aliphatic rings. The van der Waals surface area contributed by atoms with Crippen molar-refractivity contribution in [3.8, 4) is 0 Å². The average molecular weight is 272 g/mol. The van der Waals surface area contributed by atoms with Crippen molar-refractivity contribution >= 4 is 11.6 Å². The van der Waals surface area contributed by atoms with Gasteiger partial charge in [-0.05, 0) is 44.0 Å². The first-order chi connectivity index (χ1) is 8.56. The van der Waals surface area contributed by atoms with E-state index in [1.54, 1.807) is 7.11 Å². The Morgan fingerprint density at radius 3 is 2.78 bits per heavy atom. The Labute approximate surface area is 114 Å². The SMILES string of the molecule is COCCCNC(C)C(O)c1ccc(Cl)c(C)c1. The zero-order valence-electron chi connectivity index (χ0n) is 11.2. The third-order valence-electron chi connectivity index (χ3n) is 2.99. The van der Waals surface area contributed by atoms with E-state index in [0.717, 1.165) is 35.7 Å². The number of methoxy groups -OCH3 is 1. The lowest BCUT2D eigenvalue weighted by molar-refractivity contribution is 0.132. The Bertz CT molecular complexity index is 371. The first kappa shape index (κ1) is 15.4. The number of benzene rings is 1. The summed E-state index contributed by atoms with van der Waals surface area (Å²) < 4.78 is 4.98. The quantitative estimate of drug-likeness (QED) is 0.750. The van der Waals surface area contributed by atoms with Crippen LogP contribution in [0.25, 0.3) is 0 Å². The molecule has 0 aliphatic heterocycles. The number of aliphatic hydroxyl groups is 1. The molecule has 1 rings (SSSR count). The standard InChI is InChI=1S/C14H22ClNO2/c1-10-9-12(5-6-13(10)15)14(17)11(2)16-7-4-8-18-3/h5-6,9,11,14,16-17H,4,7-8H2,1-3H3. The Morgan fingerprint density at radius 1 is 1.44 bits per heavy atom. The monoisotopic (exact) mass is 271 g/mol. The number of ether oxygens (including phenoxy) is 1. The highest BCUT2D eigenvalue weighted by Gasteiger charge is 2.16. The number of nitrogens with one attached hydrogen (secondary N) is 1. The summed E-state index contributed by atoms with van der Waals surface area (Å²) in [6.07, 6.45) is 0.413. The predicted molar refractivity (Wildman–Crippen MR) is 75.1 cm³/mol. The van der Waals surface area contributed by atoms with Crippen molar-refractivity contribution in [2.24, 2.45) is 0 Å². The maximum Gasteiger partial charge on any atom is 0.0940 e. The van der Waals surface area contributed by atoms with E-state index in [1.807, 2.05) is 32.0 Å². The lowest BCUT2D eigenvalue weighted by Crippen LogP contribution is -2.33. The van der Waals surface area contributed by atoms with Crippen LogP contribution < -0.4 is 5.32 Å². The molecule has 102 valence electrons. The van der Waals surface area contributed by atoms with Gasteiger partial charge in [0.2, 0.25) is 0 Å². The number of hydrogen-bond donors (Lipinski definition) is 2. The summed E-state index contributed by atoms with van der Waals surface area (Å²) in [6.45, 7) is 5.48. The van der Waals surface area contributed by atoms with Gasteiger partial charge in [0.15, 0.2) is 0 Å². The molecule has 0 saturated heterocycles. The van der Waals surface area contributed by atoms with Crippen LogP contribution in [-0.2, 0) is 4.74 Å². The lowest BCUT2D eigenvalue weighted by Gasteiger charge is -2.21. The summed E-state index contributed by atoms with van der Waals surface area (Å²) in [5.41, 5.74) is 1.88. The smallest absolute Gasteiger partial charge is 0.0940 e. The topological polar surface area (TPSA) is 41.5 Å². The number of rotatable bonds is 7. The molecular weight excluding hydrogens is 250 g/mol. The molecule has 0 amide bonds. The summed E-state index contributed by atoms with van der Waals surface area (Å²) in [6, 6.07) is 5.63. The minimum atomic E-state index is -0.525. The molecule has 0 fully saturated rings. The van der Waals surface area contributed by atoms with Crippen LogP contribution in [0.2, 0.25) is 5.02 Å². The first-order valence-corrected chi connectivity index (χ1v) is 6.60. The van der Waals surface area contributed by atoms with Gasteiger partial charge in [-0.25, -0.2) is 0 Å². The summed E-state index contributed by atoms with van der Waals surface area (Å²) in [5.74, 6) is 0. The molecule has 0 bridgehead atoms. The van der Waals surface area contributed by atoms with Gasteiger partial charge in [-0.15, -0.1) is 0 Å². The van der Waals surface area contributed by atoms with Gasteiger partial charge in [-0.1, -0.05) is 23.7 Å². The third-order valence-corrected chi connectivity index (χ3v) is 3.41. The van der Waals surface area contributed by atoms with E-state index in [4.69, 9.17) is 16.3 Å². The number of halogens is 1. The van der Waals surface area contributed by atoms with Crippen LogP contribution in [0.5, 0.6) is 0 Å². The normalized spacial score (nSPS) is 14.5. The summed E-state index contributed by atoms with van der Waals surface area (Å²) >= 11 is 5.97. The minimum Gasteiger partial charge on any atom is -0.387 e. The molecule has 0 heterocycles. The first-order valence-electron chi connectivity index (χ1n) is 6.22. The van der Waals surface area contributed by atoms with Gasteiger partial charge in [0.1, 0.15) is 0 Å². The molecular formula is C14H22ClNO2. The van der Waals surface area contributed by atoms with Crippen molar-refractivity contribution in [1.29, 1.82) is 0 Å². The van der Waals surface area contributed by atoms with Gasteiger partial charge in [-0.2, -0.15) is 0 Å². The Kier molecular flexibility index (Phi) is 6.65. The fourth-order valence-corrected chi connectivity index (χ4v) is 1.92. The van der Waals surface area contributed by atoms with Crippen LogP contribution in [0.1, 0.15) is 30.6 Å². The number of hydrogen-bond acceptors (Lipinski definition) is 3. The maximum atomic E-state index is 10.2. The zero-order valence-corrected chi connectivity index (χ0v) is 12.0.